The fraction of sp³-hybridized carbons (Fsp3) is 0.0435. The third-order valence-corrected chi connectivity index (χ3v) is 19.0. The fourth-order valence-electron chi connectivity index (χ4n) is 14.8. The molecule has 0 spiro atoms. The Morgan fingerprint density at radius 3 is 0.867 bits per heavy atom. The van der Waals surface area contributed by atoms with Gasteiger partial charge in [-0.3, -0.25) is 0 Å². The summed E-state index contributed by atoms with van der Waals surface area (Å²) in [6, 6.07) is 125. The SMILES string of the molecule is C=CCOc1ccc(C2(c3ccc(Oc4ccccc4)cc3)c3ccccc3-c3ccc(N(c4ccccc4)c4ccc(-c5ccc(N(c6ccccc6)c6ccc7c(c6)C(c6ccc(OCC=C)cc6)(c6ccc(Oc8ccccc8)cc6)c6ccccc6-7)cc5)cc4)cc32)cc1. The molecule has 0 amide bonds. The highest BCUT2D eigenvalue weighted by atomic mass is 16.5. The van der Waals surface area contributed by atoms with E-state index in [2.05, 4.69) is 314 Å². The van der Waals surface area contributed by atoms with Crippen LogP contribution in [0.4, 0.5) is 34.1 Å². The van der Waals surface area contributed by atoms with Crippen molar-refractivity contribution >= 4 is 34.1 Å². The summed E-state index contributed by atoms with van der Waals surface area (Å²) in [5.41, 5.74) is 21.0. The third kappa shape index (κ3) is 10.9. The third-order valence-electron chi connectivity index (χ3n) is 19.0. The van der Waals surface area contributed by atoms with E-state index in [1.54, 1.807) is 12.2 Å². The first-order valence-electron chi connectivity index (χ1n) is 33.2. The lowest BCUT2D eigenvalue weighted by Crippen LogP contribution is -2.28. The van der Waals surface area contributed by atoms with Gasteiger partial charge in [0.25, 0.3) is 0 Å². The van der Waals surface area contributed by atoms with E-state index >= 15 is 0 Å². The van der Waals surface area contributed by atoms with E-state index in [4.69, 9.17) is 18.9 Å². The van der Waals surface area contributed by atoms with E-state index in [0.717, 1.165) is 102 Å². The zero-order chi connectivity index (χ0) is 65.8. The second-order valence-electron chi connectivity index (χ2n) is 24.6. The summed E-state index contributed by atoms with van der Waals surface area (Å²) < 4.78 is 24.9. The van der Waals surface area contributed by atoms with Crippen molar-refractivity contribution in [1.82, 2.24) is 0 Å². The largest absolute Gasteiger partial charge is 0.490 e. The van der Waals surface area contributed by atoms with Gasteiger partial charge in [-0.25, -0.2) is 0 Å². The molecule has 2 atom stereocenters. The summed E-state index contributed by atoms with van der Waals surface area (Å²) in [5.74, 6) is 4.67. The number of nitrogens with zero attached hydrogens (tertiary/aromatic N) is 2. The van der Waals surface area contributed by atoms with E-state index in [0.29, 0.717) is 13.2 Å². The zero-order valence-electron chi connectivity index (χ0n) is 54.0. The Bertz CT molecular complexity index is 4820. The molecule has 2 unspecified atom stereocenters. The molecule has 0 aromatic heterocycles. The summed E-state index contributed by atoms with van der Waals surface area (Å²) in [5, 5.41) is 0. The van der Waals surface area contributed by atoms with E-state index < -0.39 is 10.8 Å². The zero-order valence-corrected chi connectivity index (χ0v) is 54.0. The quantitative estimate of drug-likeness (QED) is 0.0668. The number of fused-ring (bicyclic) bond motifs is 6. The first-order chi connectivity index (χ1) is 48.5. The molecule has 6 heteroatoms. The molecule has 14 aromatic rings. The predicted molar refractivity (Wildman–Crippen MR) is 400 cm³/mol. The van der Waals surface area contributed by atoms with Crippen molar-refractivity contribution in [3.63, 3.8) is 0 Å². The number of hydrogen-bond donors (Lipinski definition) is 0. The smallest absolute Gasteiger partial charge is 0.127 e. The van der Waals surface area contributed by atoms with Gasteiger partial charge >= 0.3 is 0 Å². The number of rotatable bonds is 21. The highest BCUT2D eigenvalue weighted by molar-refractivity contribution is 5.92. The molecule has 0 N–H and O–H groups in total. The Hall–Kier alpha value is -12.6. The van der Waals surface area contributed by atoms with Crippen LogP contribution in [0, 0.1) is 0 Å². The van der Waals surface area contributed by atoms with Crippen LogP contribution in [-0.2, 0) is 10.8 Å². The second-order valence-corrected chi connectivity index (χ2v) is 24.6. The molecular formula is C92H68N2O4. The van der Waals surface area contributed by atoms with Crippen LogP contribution in [-0.4, -0.2) is 13.2 Å². The Morgan fingerprint density at radius 1 is 0.245 bits per heavy atom. The number of benzene rings is 14. The van der Waals surface area contributed by atoms with Gasteiger partial charge in [0.05, 0.1) is 10.8 Å². The summed E-state index contributed by atoms with van der Waals surface area (Å²) in [4.78, 5) is 4.74. The normalized spacial score (nSPS) is 14.6. The highest BCUT2D eigenvalue weighted by Crippen LogP contribution is 2.60. The van der Waals surface area contributed by atoms with Crippen LogP contribution >= 0.6 is 0 Å². The molecule has 0 heterocycles. The van der Waals surface area contributed by atoms with Crippen molar-refractivity contribution in [3.8, 4) is 67.9 Å². The van der Waals surface area contributed by atoms with E-state index in [1.165, 1.54) is 44.5 Å². The number of anilines is 6. The Labute approximate surface area is 573 Å². The van der Waals surface area contributed by atoms with Crippen molar-refractivity contribution in [3.05, 3.63) is 422 Å². The Morgan fingerprint density at radius 2 is 0.520 bits per heavy atom. The first-order valence-corrected chi connectivity index (χ1v) is 33.2. The summed E-state index contributed by atoms with van der Waals surface area (Å²) in [7, 11) is 0. The van der Waals surface area contributed by atoms with Crippen LogP contribution in [0.1, 0.15) is 44.5 Å². The monoisotopic (exact) mass is 1260 g/mol. The van der Waals surface area contributed by atoms with Gasteiger partial charge in [0.2, 0.25) is 0 Å². The van der Waals surface area contributed by atoms with Gasteiger partial charge in [-0.05, 0) is 223 Å². The average molecular weight is 1270 g/mol. The highest BCUT2D eigenvalue weighted by Gasteiger charge is 2.48. The van der Waals surface area contributed by atoms with Crippen LogP contribution < -0.4 is 28.7 Å². The molecule has 0 saturated heterocycles. The summed E-state index contributed by atoms with van der Waals surface area (Å²) in [6.45, 7) is 8.63. The molecule has 6 nitrogen and oxygen atoms in total. The summed E-state index contributed by atoms with van der Waals surface area (Å²) >= 11 is 0. The van der Waals surface area contributed by atoms with Gasteiger partial charge in [0.15, 0.2) is 0 Å². The van der Waals surface area contributed by atoms with Crippen LogP contribution in [0.3, 0.4) is 0 Å². The maximum atomic E-state index is 6.39. The van der Waals surface area contributed by atoms with Crippen molar-refractivity contribution < 1.29 is 18.9 Å². The van der Waals surface area contributed by atoms with Gasteiger partial charge in [-0.2, -0.15) is 0 Å². The van der Waals surface area contributed by atoms with Gasteiger partial charge in [0.1, 0.15) is 47.7 Å². The molecule has 16 rings (SSSR count). The Balaban J connectivity index is 0.764. The van der Waals surface area contributed by atoms with Gasteiger partial charge in [-0.1, -0.05) is 232 Å². The Kier molecular flexibility index (Phi) is 16.2. The first kappa shape index (κ1) is 60.3. The maximum absolute atomic E-state index is 6.39. The van der Waals surface area contributed by atoms with Gasteiger partial charge in [-0.15, -0.1) is 0 Å². The van der Waals surface area contributed by atoms with Gasteiger partial charge in [0, 0.05) is 34.1 Å². The topological polar surface area (TPSA) is 43.4 Å². The molecule has 2 aliphatic rings. The molecule has 0 radical (unpaired) electrons. The minimum Gasteiger partial charge on any atom is -0.490 e. The van der Waals surface area contributed by atoms with Crippen molar-refractivity contribution in [2.75, 3.05) is 23.0 Å². The van der Waals surface area contributed by atoms with Crippen molar-refractivity contribution in [2.45, 2.75) is 10.8 Å². The van der Waals surface area contributed by atoms with E-state index in [-0.39, 0.29) is 0 Å². The molecule has 470 valence electrons. The number of ether oxygens (including phenoxy) is 4. The van der Waals surface area contributed by atoms with E-state index in [1.807, 2.05) is 60.7 Å². The van der Waals surface area contributed by atoms with Crippen LogP contribution in [0.25, 0.3) is 33.4 Å². The minimum absolute atomic E-state index is 0.420. The molecular weight excluding hydrogens is 1200 g/mol. The lowest BCUT2D eigenvalue weighted by molar-refractivity contribution is 0.363. The maximum Gasteiger partial charge on any atom is 0.127 e. The van der Waals surface area contributed by atoms with Crippen LogP contribution in [0.15, 0.2) is 377 Å². The second kappa shape index (κ2) is 26.3. The van der Waals surface area contributed by atoms with E-state index in [9.17, 15) is 0 Å². The predicted octanol–water partition coefficient (Wildman–Crippen LogP) is 23.7. The minimum atomic E-state index is -0.712. The molecule has 0 bridgehead atoms. The summed E-state index contributed by atoms with van der Waals surface area (Å²) in [6.07, 6.45) is 3.55. The number of para-hydroxylation sites is 4. The average Bonchev–Trinajstić information content (AvgIpc) is 1.53. The molecule has 98 heavy (non-hydrogen) atoms. The van der Waals surface area contributed by atoms with Crippen molar-refractivity contribution in [1.29, 1.82) is 0 Å². The van der Waals surface area contributed by atoms with Gasteiger partial charge < -0.3 is 28.7 Å². The van der Waals surface area contributed by atoms with Crippen LogP contribution in [0.5, 0.6) is 34.5 Å². The van der Waals surface area contributed by atoms with Crippen molar-refractivity contribution in [2.24, 2.45) is 0 Å². The fourth-order valence-corrected chi connectivity index (χ4v) is 14.8. The molecule has 0 saturated carbocycles. The molecule has 0 aliphatic heterocycles. The lowest BCUT2D eigenvalue weighted by Gasteiger charge is -2.35. The lowest BCUT2D eigenvalue weighted by atomic mass is 9.67. The molecule has 14 aromatic carbocycles. The standard InChI is InChI=1S/C92H68N2O4/c1-3-61-95-77-51-37-67(38-52-77)91(69-41-55-81(56-42-69)97-79-25-13-7-14-26-79)87-31-19-17-29-83(87)85-59-49-75(63-89(85)91)93(71-21-9-5-10-22-71)73-45-33-65(34-46-73)66-35-47-74(48-36-66)94(72-23-11-6-12-24-72)76-50-60-86-84-30-18-20-32-88(84)92(90(86)64-76,68-39-53-78(54-40-68)96-62-4-2)70-43-57-82(58-44-70)98-80-27-15-8-16-28-80/h3-60,63-64H,1-2,61-62H2. The molecule has 0 fully saturated rings. The number of hydrogen-bond acceptors (Lipinski definition) is 6. The van der Waals surface area contributed by atoms with Crippen LogP contribution in [0.2, 0.25) is 0 Å². The molecule has 2 aliphatic carbocycles.